The van der Waals surface area contributed by atoms with Crippen molar-refractivity contribution in [3.8, 4) is 0 Å². The van der Waals surface area contributed by atoms with Crippen LogP contribution in [0.3, 0.4) is 0 Å². The maximum atomic E-state index is 12.0. The molecule has 5 heteroatoms. The molecule has 0 N–H and O–H groups in total. The Labute approximate surface area is 106 Å². The molecular formula is C10H8BrNOS2. The highest BCUT2D eigenvalue weighted by atomic mass is 79.9. The van der Waals surface area contributed by atoms with Crippen molar-refractivity contribution in [1.82, 2.24) is 4.90 Å². The van der Waals surface area contributed by atoms with E-state index in [1.807, 2.05) is 12.1 Å². The van der Waals surface area contributed by atoms with Gasteiger partial charge in [0.05, 0.1) is 0 Å². The second-order valence-electron chi connectivity index (χ2n) is 3.08. The van der Waals surface area contributed by atoms with Crippen LogP contribution in [0, 0.1) is 0 Å². The summed E-state index contributed by atoms with van der Waals surface area (Å²) in [5, 5.41) is 0. The first-order valence-electron chi connectivity index (χ1n) is 4.42. The zero-order chi connectivity index (χ0) is 10.8. The molecule has 0 radical (unpaired) electrons. The number of carbonyl (C=O) groups excluding carboxylic acids is 1. The van der Waals surface area contributed by atoms with Gasteiger partial charge in [0.15, 0.2) is 0 Å². The Kier molecular flexibility index (Phi) is 3.43. The number of halogens is 1. The van der Waals surface area contributed by atoms with Crippen molar-refractivity contribution in [1.29, 1.82) is 0 Å². The van der Waals surface area contributed by atoms with Crippen molar-refractivity contribution in [2.75, 3.05) is 12.3 Å². The standard InChI is InChI=1S/C10H8BrNOS2/c11-8-3-1-7(2-4-8)9(13)12-5-6-15-10(12)14/h1-4H,5-6H2. The van der Waals surface area contributed by atoms with Gasteiger partial charge < -0.3 is 0 Å². The number of thioether (sulfide) groups is 1. The lowest BCUT2D eigenvalue weighted by atomic mass is 10.2. The molecule has 0 bridgehead atoms. The van der Waals surface area contributed by atoms with Crippen LogP contribution in [0.4, 0.5) is 0 Å². The number of hydrogen-bond acceptors (Lipinski definition) is 3. The summed E-state index contributed by atoms with van der Waals surface area (Å²) in [4.78, 5) is 13.6. The molecule has 1 aliphatic rings. The number of amides is 1. The van der Waals surface area contributed by atoms with Gasteiger partial charge in [0.1, 0.15) is 4.32 Å². The molecule has 2 rings (SSSR count). The van der Waals surface area contributed by atoms with E-state index in [2.05, 4.69) is 15.9 Å². The van der Waals surface area contributed by atoms with Crippen LogP contribution in [0.25, 0.3) is 0 Å². The van der Waals surface area contributed by atoms with Crippen LogP contribution in [-0.2, 0) is 0 Å². The molecule has 1 fully saturated rings. The van der Waals surface area contributed by atoms with E-state index in [4.69, 9.17) is 12.2 Å². The van der Waals surface area contributed by atoms with Gasteiger partial charge >= 0.3 is 0 Å². The molecule has 1 aliphatic heterocycles. The van der Waals surface area contributed by atoms with E-state index in [9.17, 15) is 4.79 Å². The molecule has 2 nitrogen and oxygen atoms in total. The molecule has 78 valence electrons. The first-order valence-corrected chi connectivity index (χ1v) is 6.61. The maximum Gasteiger partial charge on any atom is 0.259 e. The van der Waals surface area contributed by atoms with Crippen LogP contribution in [0.5, 0.6) is 0 Å². The molecule has 1 amide bonds. The minimum Gasteiger partial charge on any atom is -0.293 e. The Hall–Kier alpha value is -0.390. The molecular weight excluding hydrogens is 294 g/mol. The zero-order valence-electron chi connectivity index (χ0n) is 7.77. The maximum absolute atomic E-state index is 12.0. The Bertz CT molecular complexity index is 404. The summed E-state index contributed by atoms with van der Waals surface area (Å²) in [6.07, 6.45) is 0. The van der Waals surface area contributed by atoms with E-state index in [0.29, 0.717) is 9.88 Å². The van der Waals surface area contributed by atoms with Crippen molar-refractivity contribution < 1.29 is 4.79 Å². The van der Waals surface area contributed by atoms with Gasteiger partial charge in [0, 0.05) is 22.3 Å². The van der Waals surface area contributed by atoms with Crippen LogP contribution in [0.15, 0.2) is 28.7 Å². The molecule has 0 atom stereocenters. The smallest absolute Gasteiger partial charge is 0.259 e. The van der Waals surface area contributed by atoms with Crippen LogP contribution >= 0.6 is 39.9 Å². The Balaban J connectivity index is 2.20. The van der Waals surface area contributed by atoms with Crippen molar-refractivity contribution in [2.45, 2.75) is 0 Å². The molecule has 0 aromatic heterocycles. The van der Waals surface area contributed by atoms with Crippen LogP contribution in [0.2, 0.25) is 0 Å². The molecule has 0 unspecified atom stereocenters. The lowest BCUT2D eigenvalue weighted by molar-refractivity contribution is 0.0861. The summed E-state index contributed by atoms with van der Waals surface area (Å²) in [7, 11) is 0. The SMILES string of the molecule is O=C(c1ccc(Br)cc1)N1CCSC1=S. The van der Waals surface area contributed by atoms with Gasteiger partial charge in [0.25, 0.3) is 5.91 Å². The predicted molar refractivity (Wildman–Crippen MR) is 70.2 cm³/mol. The fraction of sp³-hybridized carbons (Fsp3) is 0.200. The van der Waals surface area contributed by atoms with Crippen molar-refractivity contribution in [3.63, 3.8) is 0 Å². The number of thiocarbonyl (C=S) groups is 1. The Morgan fingerprint density at radius 1 is 1.40 bits per heavy atom. The third kappa shape index (κ3) is 2.41. The number of nitrogens with zero attached hydrogens (tertiary/aromatic N) is 1. The number of rotatable bonds is 1. The number of benzene rings is 1. The highest BCUT2D eigenvalue weighted by Gasteiger charge is 2.24. The summed E-state index contributed by atoms with van der Waals surface area (Å²) in [5.41, 5.74) is 0.683. The first-order chi connectivity index (χ1) is 7.18. The largest absolute Gasteiger partial charge is 0.293 e. The molecule has 0 saturated carbocycles. The molecule has 0 spiro atoms. The quantitative estimate of drug-likeness (QED) is 0.744. The highest BCUT2D eigenvalue weighted by molar-refractivity contribution is 9.10. The first kappa shape index (κ1) is 11.1. The van der Waals surface area contributed by atoms with Crippen molar-refractivity contribution in [3.05, 3.63) is 34.3 Å². The summed E-state index contributed by atoms with van der Waals surface area (Å²) >= 11 is 10.00. The fourth-order valence-corrected chi connectivity index (χ4v) is 2.79. The van der Waals surface area contributed by atoms with Gasteiger partial charge in [-0.15, -0.1) is 0 Å². The molecule has 1 heterocycles. The summed E-state index contributed by atoms with van der Waals surface area (Å²) in [5.74, 6) is 0.902. The molecule has 1 aromatic carbocycles. The van der Waals surface area contributed by atoms with Gasteiger partial charge in [-0.2, -0.15) is 0 Å². The lowest BCUT2D eigenvalue weighted by Gasteiger charge is -2.14. The number of hydrogen-bond donors (Lipinski definition) is 0. The normalized spacial score (nSPS) is 15.8. The average Bonchev–Trinajstić information content (AvgIpc) is 2.65. The van der Waals surface area contributed by atoms with Gasteiger partial charge in [-0.3, -0.25) is 9.69 Å². The summed E-state index contributed by atoms with van der Waals surface area (Å²) in [6.45, 7) is 0.721. The van der Waals surface area contributed by atoms with Gasteiger partial charge in [-0.1, -0.05) is 39.9 Å². The van der Waals surface area contributed by atoms with Gasteiger partial charge in [-0.05, 0) is 24.3 Å². The second-order valence-corrected chi connectivity index (χ2v) is 5.72. The predicted octanol–water partition coefficient (Wildman–Crippen LogP) is 2.92. The molecule has 15 heavy (non-hydrogen) atoms. The van der Waals surface area contributed by atoms with Crippen LogP contribution in [-0.4, -0.2) is 27.4 Å². The highest BCUT2D eigenvalue weighted by Crippen LogP contribution is 2.21. The molecule has 0 aliphatic carbocycles. The van der Waals surface area contributed by atoms with Gasteiger partial charge in [0.2, 0.25) is 0 Å². The van der Waals surface area contributed by atoms with Crippen molar-refractivity contribution in [2.24, 2.45) is 0 Å². The second kappa shape index (κ2) is 4.63. The van der Waals surface area contributed by atoms with Crippen LogP contribution < -0.4 is 0 Å². The Morgan fingerprint density at radius 3 is 2.60 bits per heavy atom. The third-order valence-electron chi connectivity index (χ3n) is 2.10. The van der Waals surface area contributed by atoms with E-state index in [-0.39, 0.29) is 5.91 Å². The zero-order valence-corrected chi connectivity index (χ0v) is 11.0. The van der Waals surface area contributed by atoms with Crippen molar-refractivity contribution >= 4 is 50.1 Å². The van der Waals surface area contributed by atoms with Crippen LogP contribution in [0.1, 0.15) is 10.4 Å². The average molecular weight is 302 g/mol. The fourth-order valence-electron chi connectivity index (χ4n) is 1.33. The van der Waals surface area contributed by atoms with E-state index in [1.165, 1.54) is 0 Å². The molecule has 1 aromatic rings. The third-order valence-corrected chi connectivity index (χ3v) is 4.05. The van der Waals surface area contributed by atoms with E-state index >= 15 is 0 Å². The van der Waals surface area contributed by atoms with E-state index < -0.39 is 0 Å². The van der Waals surface area contributed by atoms with E-state index in [0.717, 1.165) is 16.8 Å². The minimum atomic E-state index is -0.00231. The molecule has 1 saturated heterocycles. The summed E-state index contributed by atoms with van der Waals surface area (Å²) < 4.78 is 1.65. The lowest BCUT2D eigenvalue weighted by Crippen LogP contribution is -2.30. The minimum absolute atomic E-state index is 0.00231. The topological polar surface area (TPSA) is 20.3 Å². The van der Waals surface area contributed by atoms with E-state index in [1.54, 1.807) is 28.8 Å². The van der Waals surface area contributed by atoms with Gasteiger partial charge in [-0.25, -0.2) is 0 Å². The monoisotopic (exact) mass is 301 g/mol. The summed E-state index contributed by atoms with van der Waals surface area (Å²) in [6, 6.07) is 7.33. The number of carbonyl (C=O) groups is 1. The Morgan fingerprint density at radius 2 is 2.07 bits per heavy atom.